The average molecular weight is 475 g/mol. The van der Waals surface area contributed by atoms with Gasteiger partial charge in [-0.15, -0.1) is 0 Å². The Hall–Kier alpha value is -2.38. The van der Waals surface area contributed by atoms with Crippen LogP contribution in [0.1, 0.15) is 23.6 Å². The van der Waals surface area contributed by atoms with Crippen molar-refractivity contribution < 1.29 is 19.4 Å². The number of benzene rings is 2. The number of hydrogen-bond donors (Lipinski definition) is 1. The van der Waals surface area contributed by atoms with E-state index in [0.717, 1.165) is 19.6 Å². The minimum atomic E-state index is -0.787. The lowest BCUT2D eigenvalue weighted by molar-refractivity contribution is -0.140. The number of morpholine rings is 1. The maximum absolute atomic E-state index is 13.1. The molecular formula is C24H24Cl2N2O4. The Morgan fingerprint density at radius 2 is 1.75 bits per heavy atom. The molecule has 0 aromatic heterocycles. The predicted octanol–water partition coefficient (Wildman–Crippen LogP) is 4.14. The maximum atomic E-state index is 13.1. The minimum absolute atomic E-state index is 0.0387. The van der Waals surface area contributed by atoms with E-state index in [-0.39, 0.29) is 11.3 Å². The summed E-state index contributed by atoms with van der Waals surface area (Å²) in [5.74, 6) is -1.56. The third-order valence-corrected chi connectivity index (χ3v) is 6.38. The molecule has 32 heavy (non-hydrogen) atoms. The maximum Gasteiger partial charge on any atom is 0.295 e. The molecule has 168 valence electrons. The van der Waals surface area contributed by atoms with E-state index >= 15 is 0 Å². The number of halogens is 2. The van der Waals surface area contributed by atoms with Crippen molar-refractivity contribution in [3.63, 3.8) is 0 Å². The molecule has 8 heteroatoms. The summed E-state index contributed by atoms with van der Waals surface area (Å²) in [4.78, 5) is 29.9. The molecule has 4 rings (SSSR count). The van der Waals surface area contributed by atoms with Crippen molar-refractivity contribution in [2.75, 3.05) is 39.4 Å². The Morgan fingerprint density at radius 1 is 1.03 bits per heavy atom. The number of ketones is 1. The lowest BCUT2D eigenvalue weighted by Crippen LogP contribution is -2.39. The lowest BCUT2D eigenvalue weighted by atomic mass is 9.95. The second-order valence-corrected chi connectivity index (χ2v) is 8.68. The van der Waals surface area contributed by atoms with E-state index in [9.17, 15) is 14.7 Å². The molecule has 2 heterocycles. The molecule has 2 aromatic carbocycles. The summed E-state index contributed by atoms with van der Waals surface area (Å²) in [5.41, 5.74) is 1.06. The van der Waals surface area contributed by atoms with Crippen molar-refractivity contribution in [2.45, 2.75) is 12.5 Å². The van der Waals surface area contributed by atoms with Crippen LogP contribution in [-0.4, -0.2) is 66.0 Å². The second kappa shape index (κ2) is 10.0. The molecule has 2 aliphatic rings. The predicted molar refractivity (Wildman–Crippen MR) is 124 cm³/mol. The Kier molecular flexibility index (Phi) is 7.16. The summed E-state index contributed by atoms with van der Waals surface area (Å²) in [6, 6.07) is 12.9. The van der Waals surface area contributed by atoms with E-state index < -0.39 is 17.7 Å². The van der Waals surface area contributed by atoms with Gasteiger partial charge in [0.1, 0.15) is 5.76 Å². The largest absolute Gasteiger partial charge is 0.507 e. The van der Waals surface area contributed by atoms with Crippen molar-refractivity contribution in [1.29, 1.82) is 0 Å². The highest BCUT2D eigenvalue weighted by Crippen LogP contribution is 2.42. The fraction of sp³-hybridized carbons (Fsp3) is 0.333. The van der Waals surface area contributed by atoms with Crippen LogP contribution in [-0.2, 0) is 14.3 Å². The van der Waals surface area contributed by atoms with E-state index in [1.54, 1.807) is 42.5 Å². The summed E-state index contributed by atoms with van der Waals surface area (Å²) < 4.78 is 5.38. The van der Waals surface area contributed by atoms with E-state index in [1.807, 2.05) is 6.07 Å². The number of likely N-dealkylation sites (tertiary alicyclic amines) is 1. The van der Waals surface area contributed by atoms with Crippen LogP contribution in [0.15, 0.2) is 54.1 Å². The quantitative estimate of drug-likeness (QED) is 0.387. The number of nitrogens with zero attached hydrogens (tertiary/aromatic N) is 2. The minimum Gasteiger partial charge on any atom is -0.507 e. The van der Waals surface area contributed by atoms with Crippen LogP contribution in [0, 0.1) is 0 Å². The Bertz CT molecular complexity index is 1040. The molecule has 0 radical (unpaired) electrons. The van der Waals surface area contributed by atoms with Gasteiger partial charge in [-0.1, -0.05) is 59.6 Å². The van der Waals surface area contributed by atoms with E-state index in [0.29, 0.717) is 47.4 Å². The number of carbonyl (C=O) groups is 2. The van der Waals surface area contributed by atoms with Crippen molar-refractivity contribution in [1.82, 2.24) is 9.80 Å². The van der Waals surface area contributed by atoms with Gasteiger partial charge in [-0.3, -0.25) is 14.5 Å². The fourth-order valence-electron chi connectivity index (χ4n) is 4.20. The van der Waals surface area contributed by atoms with E-state index in [1.165, 1.54) is 4.90 Å². The molecule has 6 nitrogen and oxygen atoms in total. The molecule has 1 N–H and O–H groups in total. The molecule has 0 saturated carbocycles. The monoisotopic (exact) mass is 474 g/mol. The van der Waals surface area contributed by atoms with E-state index in [4.69, 9.17) is 27.9 Å². The van der Waals surface area contributed by atoms with Gasteiger partial charge >= 0.3 is 0 Å². The van der Waals surface area contributed by atoms with Crippen LogP contribution in [0.5, 0.6) is 0 Å². The number of ether oxygens (including phenoxy) is 1. The molecule has 2 fully saturated rings. The summed E-state index contributed by atoms with van der Waals surface area (Å²) in [6.07, 6.45) is 0.681. The number of rotatable bonds is 6. The molecule has 2 aromatic rings. The third-order valence-electron chi connectivity index (χ3n) is 5.82. The van der Waals surface area contributed by atoms with Gasteiger partial charge in [0.05, 0.1) is 24.8 Å². The first kappa shape index (κ1) is 22.8. The highest BCUT2D eigenvalue weighted by atomic mass is 35.5. The van der Waals surface area contributed by atoms with Crippen LogP contribution in [0.4, 0.5) is 0 Å². The van der Waals surface area contributed by atoms with Gasteiger partial charge in [-0.2, -0.15) is 0 Å². The fourth-order valence-corrected chi connectivity index (χ4v) is 4.71. The summed E-state index contributed by atoms with van der Waals surface area (Å²) in [6.45, 7) is 4.23. The molecule has 2 saturated heterocycles. The number of hydrogen-bond acceptors (Lipinski definition) is 5. The first-order valence-corrected chi connectivity index (χ1v) is 11.3. The number of amides is 1. The molecule has 0 aliphatic carbocycles. The number of Topliss-reactive ketones (excluding diaryl/α,β-unsaturated/α-hetero) is 1. The van der Waals surface area contributed by atoms with Crippen LogP contribution >= 0.6 is 23.2 Å². The SMILES string of the molecule is O=C1C(=O)N(CCCN2CCOCC2)C(c2ccc(Cl)cc2Cl)/C1=C(\O)c1ccccc1. The normalized spacial score (nSPS) is 21.3. The molecule has 0 bridgehead atoms. The third kappa shape index (κ3) is 4.69. The number of aliphatic hydroxyl groups excluding tert-OH is 1. The van der Waals surface area contributed by atoms with Gasteiger partial charge in [-0.05, 0) is 24.1 Å². The van der Waals surface area contributed by atoms with Gasteiger partial charge in [0, 0.05) is 41.8 Å². The summed E-state index contributed by atoms with van der Waals surface area (Å²) in [7, 11) is 0. The Balaban J connectivity index is 1.69. The molecule has 0 spiro atoms. The van der Waals surface area contributed by atoms with Crippen molar-refractivity contribution in [2.24, 2.45) is 0 Å². The zero-order valence-electron chi connectivity index (χ0n) is 17.5. The first-order valence-electron chi connectivity index (χ1n) is 10.6. The number of carbonyl (C=O) groups excluding carboxylic acids is 2. The topological polar surface area (TPSA) is 70.1 Å². The van der Waals surface area contributed by atoms with Crippen molar-refractivity contribution in [3.05, 3.63) is 75.3 Å². The highest BCUT2D eigenvalue weighted by Gasteiger charge is 2.46. The molecular weight excluding hydrogens is 451 g/mol. The molecule has 1 amide bonds. The Labute approximate surface area is 197 Å². The zero-order valence-corrected chi connectivity index (χ0v) is 19.0. The summed E-state index contributed by atoms with van der Waals surface area (Å²) >= 11 is 12.6. The number of aliphatic hydroxyl groups is 1. The highest BCUT2D eigenvalue weighted by molar-refractivity contribution is 6.47. The first-order chi connectivity index (χ1) is 15.5. The average Bonchev–Trinajstić information content (AvgIpc) is 3.05. The van der Waals surface area contributed by atoms with Crippen LogP contribution in [0.25, 0.3) is 5.76 Å². The summed E-state index contributed by atoms with van der Waals surface area (Å²) in [5, 5.41) is 11.8. The van der Waals surface area contributed by atoms with Crippen LogP contribution in [0.3, 0.4) is 0 Å². The smallest absolute Gasteiger partial charge is 0.295 e. The Morgan fingerprint density at radius 3 is 2.44 bits per heavy atom. The van der Waals surface area contributed by atoms with Crippen molar-refractivity contribution >= 4 is 40.7 Å². The van der Waals surface area contributed by atoms with Gasteiger partial charge in [0.2, 0.25) is 0 Å². The van der Waals surface area contributed by atoms with Gasteiger partial charge in [0.25, 0.3) is 11.7 Å². The standard InChI is InChI=1S/C24H24Cl2N2O4/c25-17-7-8-18(19(26)15-17)21-20(22(29)16-5-2-1-3-6-16)23(30)24(31)28(21)10-4-9-27-11-13-32-14-12-27/h1-3,5-8,15,21,29H,4,9-14H2/b22-20+. The van der Waals surface area contributed by atoms with Crippen molar-refractivity contribution in [3.8, 4) is 0 Å². The molecule has 1 atom stereocenters. The zero-order chi connectivity index (χ0) is 22.7. The van der Waals surface area contributed by atoms with Crippen LogP contribution in [0.2, 0.25) is 10.0 Å². The lowest BCUT2D eigenvalue weighted by Gasteiger charge is -2.29. The molecule has 1 unspecified atom stereocenters. The van der Waals surface area contributed by atoms with Gasteiger partial charge in [-0.25, -0.2) is 0 Å². The second-order valence-electron chi connectivity index (χ2n) is 7.83. The molecule has 2 aliphatic heterocycles. The van der Waals surface area contributed by atoms with E-state index in [2.05, 4.69) is 4.90 Å². The van der Waals surface area contributed by atoms with Crippen LogP contribution < -0.4 is 0 Å². The van der Waals surface area contributed by atoms with Gasteiger partial charge < -0.3 is 14.7 Å². The van der Waals surface area contributed by atoms with Gasteiger partial charge in [0.15, 0.2) is 0 Å².